The molecule has 0 spiro atoms. The van der Waals surface area contributed by atoms with Gasteiger partial charge in [-0.05, 0) is 50.1 Å². The van der Waals surface area contributed by atoms with Gasteiger partial charge in [-0.3, -0.25) is 4.79 Å². The van der Waals surface area contributed by atoms with Crippen LogP contribution in [0.4, 0.5) is 25.8 Å². The minimum atomic E-state index is -4.52. The average molecular weight is 495 g/mol. The molecule has 9 nitrogen and oxygen atoms in total. The number of anilines is 3. The molecule has 4 N–H and O–H groups in total. The molecule has 2 aromatic carbocycles. The second-order valence-electron chi connectivity index (χ2n) is 8.34. The number of carbonyl (C=O) groups is 2. The molecule has 1 unspecified atom stereocenters. The van der Waals surface area contributed by atoms with E-state index in [2.05, 4.69) is 0 Å². The number of sulfonamides is 1. The number of nitrogens with one attached hydrogen (secondary N) is 1. The number of halogens is 2. The molecule has 34 heavy (non-hydrogen) atoms. The number of Topliss-reactive ketones (excluding diaryl/α,β-unsaturated/α-hetero) is 1. The molecule has 0 amide bonds. The van der Waals surface area contributed by atoms with E-state index in [1.807, 2.05) is 4.72 Å². The van der Waals surface area contributed by atoms with Crippen LogP contribution in [0.2, 0.25) is 0 Å². The number of rotatable bonds is 6. The monoisotopic (exact) mass is 494 g/mol. The molecule has 0 aliphatic carbocycles. The van der Waals surface area contributed by atoms with E-state index in [0.717, 1.165) is 31.0 Å². The summed E-state index contributed by atoms with van der Waals surface area (Å²) in [7, 11) is -4.52. The van der Waals surface area contributed by atoms with Gasteiger partial charge in [-0.15, -0.1) is 0 Å². The van der Waals surface area contributed by atoms with Crippen molar-refractivity contribution >= 4 is 38.8 Å². The van der Waals surface area contributed by atoms with Crippen LogP contribution in [-0.2, 0) is 14.8 Å². The van der Waals surface area contributed by atoms with Crippen LogP contribution in [0.3, 0.4) is 0 Å². The molecule has 2 aromatic rings. The summed E-state index contributed by atoms with van der Waals surface area (Å²) in [6, 6.07) is 5.73. The number of hydrogen-bond donors (Lipinski definition) is 3. The van der Waals surface area contributed by atoms with E-state index in [9.17, 15) is 23.1 Å². The second-order valence-corrected chi connectivity index (χ2v) is 10.0. The third-order valence-corrected chi connectivity index (χ3v) is 7.72. The first-order valence-corrected chi connectivity index (χ1v) is 12.2. The van der Waals surface area contributed by atoms with E-state index in [-0.39, 0.29) is 28.5 Å². The van der Waals surface area contributed by atoms with Crippen LogP contribution in [0.15, 0.2) is 35.2 Å². The Balaban J connectivity index is 1.84. The quantitative estimate of drug-likeness (QED) is 0.410. The third-order valence-electron chi connectivity index (χ3n) is 6.21. The molecule has 1 saturated heterocycles. The van der Waals surface area contributed by atoms with E-state index >= 15 is 8.78 Å². The Morgan fingerprint density at radius 2 is 1.79 bits per heavy atom. The van der Waals surface area contributed by atoms with Crippen LogP contribution in [0.25, 0.3) is 0 Å². The normalized spacial score (nSPS) is 20.5. The smallest absolute Gasteiger partial charge is 0.334 e. The van der Waals surface area contributed by atoms with E-state index < -0.39 is 51.1 Å². The first kappa shape index (κ1) is 23.9. The number of aliphatic carboxylic acids is 1. The minimum absolute atomic E-state index is 0.0426. The maximum atomic E-state index is 15.6. The van der Waals surface area contributed by atoms with Crippen LogP contribution in [0.1, 0.15) is 30.1 Å². The Morgan fingerprint density at radius 1 is 1.18 bits per heavy atom. The zero-order valence-electron chi connectivity index (χ0n) is 18.3. The number of nitrogen functional groups attached to an aromatic ring is 1. The SMILES string of the molecule is CCN1CC(NS(=O)(=O)c2ccc(N)cc2)(C(=O)O)C(=O)c2cc(F)c(N3CCCC3)c(F)c21. The van der Waals surface area contributed by atoms with E-state index in [1.165, 1.54) is 17.0 Å². The molecule has 2 aliphatic rings. The maximum absolute atomic E-state index is 15.6. The highest BCUT2D eigenvalue weighted by atomic mass is 32.2. The van der Waals surface area contributed by atoms with E-state index in [0.29, 0.717) is 13.1 Å². The first-order valence-electron chi connectivity index (χ1n) is 10.7. The minimum Gasteiger partial charge on any atom is -0.479 e. The van der Waals surface area contributed by atoms with Gasteiger partial charge in [0.15, 0.2) is 11.6 Å². The number of benzene rings is 2. The van der Waals surface area contributed by atoms with Crippen molar-refractivity contribution in [3.8, 4) is 0 Å². The summed E-state index contributed by atoms with van der Waals surface area (Å²) in [5.74, 6) is -5.01. The van der Waals surface area contributed by atoms with Crippen LogP contribution in [0.5, 0.6) is 0 Å². The lowest BCUT2D eigenvalue weighted by Gasteiger charge is -2.41. The Morgan fingerprint density at radius 3 is 2.35 bits per heavy atom. The summed E-state index contributed by atoms with van der Waals surface area (Å²) < 4.78 is 58.6. The number of likely N-dealkylation sites (N-methyl/N-ethyl adjacent to an activating group) is 1. The highest BCUT2D eigenvalue weighted by molar-refractivity contribution is 7.89. The van der Waals surface area contributed by atoms with Crippen molar-refractivity contribution in [2.24, 2.45) is 0 Å². The molecule has 0 aromatic heterocycles. The van der Waals surface area contributed by atoms with E-state index in [1.54, 1.807) is 11.8 Å². The van der Waals surface area contributed by atoms with Crippen LogP contribution < -0.4 is 20.3 Å². The summed E-state index contributed by atoms with van der Waals surface area (Å²) in [6.45, 7) is 1.86. The summed E-state index contributed by atoms with van der Waals surface area (Å²) >= 11 is 0. The number of carboxylic acids is 1. The molecule has 2 heterocycles. The van der Waals surface area contributed by atoms with Crippen LogP contribution in [0, 0.1) is 11.6 Å². The van der Waals surface area contributed by atoms with Crippen LogP contribution >= 0.6 is 0 Å². The summed E-state index contributed by atoms with van der Waals surface area (Å²) in [5, 5.41) is 10.0. The predicted molar refractivity (Wildman–Crippen MR) is 122 cm³/mol. The molecule has 12 heteroatoms. The van der Waals surface area contributed by atoms with Crippen molar-refractivity contribution in [1.82, 2.24) is 4.72 Å². The third kappa shape index (κ3) is 3.76. The van der Waals surface area contributed by atoms with E-state index in [4.69, 9.17) is 5.73 Å². The Labute approximate surface area is 195 Å². The average Bonchev–Trinajstić information content (AvgIpc) is 3.30. The van der Waals surface area contributed by atoms with Crippen molar-refractivity contribution < 1.29 is 31.9 Å². The Bertz CT molecular complexity index is 1260. The van der Waals surface area contributed by atoms with Crippen molar-refractivity contribution in [3.05, 3.63) is 47.5 Å². The Kier molecular flexibility index (Phi) is 5.98. The largest absolute Gasteiger partial charge is 0.479 e. The first-order chi connectivity index (χ1) is 16.0. The second kappa shape index (κ2) is 8.51. The highest BCUT2D eigenvalue weighted by Gasteiger charge is 2.55. The lowest BCUT2D eigenvalue weighted by Crippen LogP contribution is -2.67. The summed E-state index contributed by atoms with van der Waals surface area (Å²) in [4.78, 5) is 28.3. The van der Waals surface area contributed by atoms with Gasteiger partial charge in [0, 0.05) is 30.9 Å². The van der Waals surface area contributed by atoms with Gasteiger partial charge in [0.25, 0.3) is 0 Å². The molecule has 2 aliphatic heterocycles. The van der Waals surface area contributed by atoms with Gasteiger partial charge in [-0.1, -0.05) is 0 Å². The number of ketones is 1. The topological polar surface area (TPSA) is 133 Å². The van der Waals surface area contributed by atoms with Crippen molar-refractivity contribution in [2.45, 2.75) is 30.2 Å². The van der Waals surface area contributed by atoms with Gasteiger partial charge in [-0.2, -0.15) is 4.72 Å². The molecule has 0 radical (unpaired) electrons. The number of fused-ring (bicyclic) bond motifs is 1. The van der Waals surface area contributed by atoms with Gasteiger partial charge in [0.05, 0.1) is 17.1 Å². The molecule has 0 saturated carbocycles. The number of nitrogens with zero attached hydrogens (tertiary/aromatic N) is 2. The number of carboxylic acid groups (broad SMARTS) is 1. The molecule has 1 atom stereocenters. The highest BCUT2D eigenvalue weighted by Crippen LogP contribution is 2.41. The fraction of sp³-hybridized carbons (Fsp3) is 0.364. The van der Waals surface area contributed by atoms with Gasteiger partial charge in [0.1, 0.15) is 11.5 Å². The number of carbonyl (C=O) groups excluding carboxylic acids is 1. The van der Waals surface area contributed by atoms with Gasteiger partial charge in [-0.25, -0.2) is 22.0 Å². The maximum Gasteiger partial charge on any atom is 0.334 e. The number of hydrogen-bond acceptors (Lipinski definition) is 7. The molecule has 4 rings (SSSR count). The molecule has 1 fully saturated rings. The summed E-state index contributed by atoms with van der Waals surface area (Å²) in [6.07, 6.45) is 1.53. The van der Waals surface area contributed by atoms with Gasteiger partial charge >= 0.3 is 5.97 Å². The zero-order valence-corrected chi connectivity index (χ0v) is 19.2. The zero-order chi connectivity index (χ0) is 24.8. The fourth-order valence-electron chi connectivity index (χ4n) is 4.47. The van der Waals surface area contributed by atoms with Gasteiger partial charge < -0.3 is 20.6 Å². The number of nitrogens with two attached hydrogens (primary N) is 1. The van der Waals surface area contributed by atoms with Crippen molar-refractivity contribution in [1.29, 1.82) is 0 Å². The lowest BCUT2D eigenvalue weighted by molar-refractivity contribution is -0.141. The van der Waals surface area contributed by atoms with Crippen molar-refractivity contribution in [2.75, 3.05) is 41.7 Å². The lowest BCUT2D eigenvalue weighted by atomic mass is 9.84. The molecular weight excluding hydrogens is 470 g/mol. The predicted octanol–water partition coefficient (Wildman–Crippen LogP) is 1.97. The van der Waals surface area contributed by atoms with Crippen LogP contribution in [-0.4, -0.2) is 57.0 Å². The van der Waals surface area contributed by atoms with Crippen molar-refractivity contribution in [3.63, 3.8) is 0 Å². The van der Waals surface area contributed by atoms with Gasteiger partial charge in [0.2, 0.25) is 15.6 Å². The molecule has 182 valence electrons. The standard InChI is InChI=1S/C22H24F2N4O5S/c1-2-27-12-22(21(30)31,26-34(32,33)14-7-5-13(25)6-8-14)20(29)15-11-16(23)19(17(24)18(15)27)28-9-3-4-10-28/h5-8,11,26H,2-4,9-10,12,25H2,1H3,(H,30,31). The summed E-state index contributed by atoms with van der Waals surface area (Å²) in [5.41, 5.74) is 2.13. The fourth-order valence-corrected chi connectivity index (χ4v) is 5.79. The molecular formula is C22H24F2N4O5S. The molecule has 0 bridgehead atoms. The Hall–Kier alpha value is -3.25.